The Morgan fingerprint density at radius 1 is 1.05 bits per heavy atom. The Morgan fingerprint density at radius 2 is 1.73 bits per heavy atom. The molecule has 0 radical (unpaired) electrons. The Bertz CT molecular complexity index is 616. The van der Waals surface area contributed by atoms with Crippen LogP contribution in [0.4, 0.5) is 4.79 Å². The molecule has 0 aliphatic heterocycles. The Kier molecular flexibility index (Phi) is 5.36. The summed E-state index contributed by atoms with van der Waals surface area (Å²) in [7, 11) is 1.62. The van der Waals surface area contributed by atoms with E-state index in [-0.39, 0.29) is 18.1 Å². The van der Waals surface area contributed by atoms with Crippen molar-refractivity contribution in [3.05, 3.63) is 59.9 Å². The largest absolute Gasteiger partial charge is 0.496 e. The molecule has 2 atom stereocenters. The van der Waals surface area contributed by atoms with Gasteiger partial charge in [0.05, 0.1) is 24.9 Å². The zero-order valence-electron chi connectivity index (χ0n) is 13.0. The normalized spacial score (nSPS) is 13.0. The van der Waals surface area contributed by atoms with Gasteiger partial charge in [0.1, 0.15) is 5.75 Å². The number of pyridine rings is 1. The number of hydrogen-bond donors (Lipinski definition) is 2. The number of carbonyl (C=O) groups excluding carboxylic acids is 1. The summed E-state index contributed by atoms with van der Waals surface area (Å²) in [4.78, 5) is 16.4. The van der Waals surface area contributed by atoms with Gasteiger partial charge in [-0.3, -0.25) is 4.98 Å². The van der Waals surface area contributed by atoms with Crippen LogP contribution < -0.4 is 15.4 Å². The van der Waals surface area contributed by atoms with E-state index in [2.05, 4.69) is 15.6 Å². The van der Waals surface area contributed by atoms with Crippen LogP contribution in [0.1, 0.15) is 37.2 Å². The number of amides is 2. The Hall–Kier alpha value is -2.56. The van der Waals surface area contributed by atoms with Gasteiger partial charge in [-0.2, -0.15) is 0 Å². The predicted octanol–water partition coefficient (Wildman–Crippen LogP) is 3.21. The molecule has 2 N–H and O–H groups in total. The van der Waals surface area contributed by atoms with E-state index in [4.69, 9.17) is 4.74 Å². The smallest absolute Gasteiger partial charge is 0.315 e. The van der Waals surface area contributed by atoms with Crippen LogP contribution >= 0.6 is 0 Å². The lowest BCUT2D eigenvalue weighted by Gasteiger charge is -2.19. The number of benzene rings is 1. The molecule has 0 fully saturated rings. The van der Waals surface area contributed by atoms with Crippen LogP contribution in [0.25, 0.3) is 0 Å². The van der Waals surface area contributed by atoms with Crippen molar-refractivity contribution >= 4 is 6.03 Å². The fourth-order valence-corrected chi connectivity index (χ4v) is 2.24. The number of ether oxygens (including phenoxy) is 1. The number of aromatic nitrogens is 1. The second kappa shape index (κ2) is 7.45. The average molecular weight is 299 g/mol. The van der Waals surface area contributed by atoms with Gasteiger partial charge in [0.25, 0.3) is 0 Å². The van der Waals surface area contributed by atoms with Crippen molar-refractivity contribution in [3.8, 4) is 5.75 Å². The summed E-state index contributed by atoms with van der Waals surface area (Å²) in [5.41, 5.74) is 1.76. The SMILES string of the molecule is COc1ccccc1C(C)NC(=O)NC(C)c1ccccn1. The second-order valence-electron chi connectivity index (χ2n) is 5.06. The number of para-hydroxylation sites is 1. The number of nitrogens with zero attached hydrogens (tertiary/aromatic N) is 1. The minimum atomic E-state index is -0.239. The number of hydrogen-bond acceptors (Lipinski definition) is 3. The minimum Gasteiger partial charge on any atom is -0.496 e. The molecule has 0 spiro atoms. The number of carbonyl (C=O) groups is 1. The van der Waals surface area contributed by atoms with Gasteiger partial charge in [-0.1, -0.05) is 24.3 Å². The fraction of sp³-hybridized carbons (Fsp3) is 0.294. The molecular weight excluding hydrogens is 278 g/mol. The number of methoxy groups -OCH3 is 1. The molecule has 5 heteroatoms. The summed E-state index contributed by atoms with van der Waals surface area (Å²) in [5, 5.41) is 5.79. The summed E-state index contributed by atoms with van der Waals surface area (Å²) in [6.07, 6.45) is 1.71. The first kappa shape index (κ1) is 15.8. The van der Waals surface area contributed by atoms with Crippen molar-refractivity contribution in [2.75, 3.05) is 7.11 Å². The van der Waals surface area contributed by atoms with E-state index in [0.717, 1.165) is 17.0 Å². The molecule has 1 heterocycles. The predicted molar refractivity (Wildman–Crippen MR) is 85.7 cm³/mol. The van der Waals surface area contributed by atoms with E-state index in [1.165, 1.54) is 0 Å². The van der Waals surface area contributed by atoms with Crippen LogP contribution in [0.5, 0.6) is 5.75 Å². The molecule has 0 bridgehead atoms. The molecule has 116 valence electrons. The highest BCUT2D eigenvalue weighted by Crippen LogP contribution is 2.24. The van der Waals surface area contributed by atoms with Crippen molar-refractivity contribution in [1.82, 2.24) is 15.6 Å². The topological polar surface area (TPSA) is 63.2 Å². The summed E-state index contributed by atoms with van der Waals surface area (Å²) in [6, 6.07) is 12.7. The molecule has 2 rings (SSSR count). The molecular formula is C17H21N3O2. The van der Waals surface area contributed by atoms with Gasteiger partial charge in [0.15, 0.2) is 0 Å². The third kappa shape index (κ3) is 3.97. The lowest BCUT2D eigenvalue weighted by molar-refractivity contribution is 0.234. The molecule has 0 aliphatic carbocycles. The molecule has 1 aromatic carbocycles. The number of nitrogens with one attached hydrogen (secondary N) is 2. The summed E-state index contributed by atoms with van der Waals surface area (Å²) >= 11 is 0. The Morgan fingerprint density at radius 3 is 2.41 bits per heavy atom. The third-order valence-corrected chi connectivity index (χ3v) is 3.43. The summed E-state index contributed by atoms with van der Waals surface area (Å²) in [6.45, 7) is 3.82. The van der Waals surface area contributed by atoms with Crippen molar-refractivity contribution < 1.29 is 9.53 Å². The van der Waals surface area contributed by atoms with E-state index < -0.39 is 0 Å². The highest BCUT2D eigenvalue weighted by atomic mass is 16.5. The summed E-state index contributed by atoms with van der Waals surface area (Å²) in [5.74, 6) is 0.757. The fourth-order valence-electron chi connectivity index (χ4n) is 2.24. The van der Waals surface area contributed by atoms with Crippen LogP contribution in [-0.4, -0.2) is 18.1 Å². The lowest BCUT2D eigenvalue weighted by Crippen LogP contribution is -2.38. The molecule has 1 aromatic heterocycles. The van der Waals surface area contributed by atoms with Crippen molar-refractivity contribution in [3.63, 3.8) is 0 Å². The first-order chi connectivity index (χ1) is 10.6. The first-order valence-electron chi connectivity index (χ1n) is 7.22. The highest BCUT2D eigenvalue weighted by molar-refractivity contribution is 5.75. The molecule has 22 heavy (non-hydrogen) atoms. The van der Waals surface area contributed by atoms with Gasteiger partial charge in [-0.05, 0) is 32.0 Å². The zero-order chi connectivity index (χ0) is 15.9. The van der Waals surface area contributed by atoms with Gasteiger partial charge in [0.2, 0.25) is 0 Å². The quantitative estimate of drug-likeness (QED) is 0.891. The monoisotopic (exact) mass is 299 g/mol. The van der Waals surface area contributed by atoms with Gasteiger partial charge in [-0.15, -0.1) is 0 Å². The second-order valence-corrected chi connectivity index (χ2v) is 5.06. The van der Waals surface area contributed by atoms with E-state index in [1.54, 1.807) is 13.3 Å². The maximum atomic E-state index is 12.1. The molecule has 5 nitrogen and oxygen atoms in total. The molecule has 2 aromatic rings. The molecule has 2 amide bonds. The Balaban J connectivity index is 1.97. The molecule has 0 saturated heterocycles. The standard InChI is InChI=1S/C17H21N3O2/c1-12(14-8-4-5-10-16(14)22-3)19-17(21)20-13(2)15-9-6-7-11-18-15/h4-13H,1-3H3,(H2,19,20,21). The maximum Gasteiger partial charge on any atom is 0.315 e. The highest BCUT2D eigenvalue weighted by Gasteiger charge is 2.15. The van der Waals surface area contributed by atoms with Crippen molar-refractivity contribution in [2.45, 2.75) is 25.9 Å². The molecule has 0 saturated carbocycles. The van der Waals surface area contributed by atoms with Crippen molar-refractivity contribution in [2.24, 2.45) is 0 Å². The van der Waals surface area contributed by atoms with Gasteiger partial charge in [0, 0.05) is 11.8 Å². The minimum absolute atomic E-state index is 0.160. The Labute approximate surface area is 130 Å². The summed E-state index contributed by atoms with van der Waals surface area (Å²) < 4.78 is 5.32. The van der Waals surface area contributed by atoms with Crippen LogP contribution in [0, 0.1) is 0 Å². The van der Waals surface area contributed by atoms with Crippen molar-refractivity contribution in [1.29, 1.82) is 0 Å². The van der Waals surface area contributed by atoms with E-state index >= 15 is 0 Å². The molecule has 2 unspecified atom stereocenters. The first-order valence-corrected chi connectivity index (χ1v) is 7.22. The van der Waals surface area contributed by atoms with Gasteiger partial charge >= 0.3 is 6.03 Å². The maximum absolute atomic E-state index is 12.1. The van der Waals surface area contributed by atoms with E-state index in [9.17, 15) is 4.79 Å². The van der Waals surface area contributed by atoms with Crippen LogP contribution in [-0.2, 0) is 0 Å². The average Bonchev–Trinajstić information content (AvgIpc) is 2.55. The number of urea groups is 1. The van der Waals surface area contributed by atoms with E-state index in [1.807, 2.05) is 56.3 Å². The van der Waals surface area contributed by atoms with Crippen LogP contribution in [0.2, 0.25) is 0 Å². The van der Waals surface area contributed by atoms with E-state index in [0.29, 0.717) is 0 Å². The zero-order valence-corrected chi connectivity index (χ0v) is 13.0. The lowest BCUT2D eigenvalue weighted by atomic mass is 10.1. The third-order valence-electron chi connectivity index (χ3n) is 3.43. The molecule has 0 aliphatic rings. The van der Waals surface area contributed by atoms with Gasteiger partial charge in [-0.25, -0.2) is 4.79 Å². The van der Waals surface area contributed by atoms with Gasteiger partial charge < -0.3 is 15.4 Å². The van der Waals surface area contributed by atoms with Crippen LogP contribution in [0.15, 0.2) is 48.7 Å². The number of rotatable bonds is 5. The van der Waals surface area contributed by atoms with Crippen LogP contribution in [0.3, 0.4) is 0 Å².